The third kappa shape index (κ3) is 5.04. The van der Waals surface area contributed by atoms with Gasteiger partial charge in [-0.05, 0) is 53.4 Å². The summed E-state index contributed by atoms with van der Waals surface area (Å²) in [4.78, 5) is 4.52. The van der Waals surface area contributed by atoms with Crippen LogP contribution in [0.15, 0.2) is 22.8 Å². The summed E-state index contributed by atoms with van der Waals surface area (Å²) in [6.45, 7) is 3.13. The second kappa shape index (κ2) is 8.86. The average molecular weight is 355 g/mol. The smallest absolute Gasteiger partial charge is 0.0756 e. The number of nitrogens with zero attached hydrogens (tertiary/aromatic N) is 1. The highest BCUT2D eigenvalue weighted by Gasteiger charge is 2.30. The molecule has 1 N–H and O–H groups in total. The quantitative estimate of drug-likeness (QED) is 0.804. The fraction of sp³-hybridized carbons (Fsp3) is 0.706. The van der Waals surface area contributed by atoms with Crippen LogP contribution in [0.5, 0.6) is 0 Å². The molecule has 2 rings (SSSR count). The van der Waals surface area contributed by atoms with Crippen molar-refractivity contribution in [3.63, 3.8) is 0 Å². The molecular formula is C17H27BrN2O. The summed E-state index contributed by atoms with van der Waals surface area (Å²) in [5, 5.41) is 3.62. The van der Waals surface area contributed by atoms with E-state index in [1.54, 1.807) is 0 Å². The van der Waals surface area contributed by atoms with Crippen LogP contribution in [-0.4, -0.2) is 30.8 Å². The summed E-state index contributed by atoms with van der Waals surface area (Å²) in [5.74, 6) is 0.684. The van der Waals surface area contributed by atoms with Gasteiger partial charge < -0.3 is 10.1 Å². The van der Waals surface area contributed by atoms with Crippen molar-refractivity contribution in [3.05, 3.63) is 28.5 Å². The molecule has 1 saturated carbocycles. The van der Waals surface area contributed by atoms with Gasteiger partial charge in [0.05, 0.1) is 6.10 Å². The lowest BCUT2D eigenvalue weighted by Crippen LogP contribution is -2.47. The van der Waals surface area contributed by atoms with E-state index in [9.17, 15) is 0 Å². The summed E-state index contributed by atoms with van der Waals surface area (Å²) in [6, 6.07) is 4.51. The molecule has 21 heavy (non-hydrogen) atoms. The van der Waals surface area contributed by atoms with E-state index in [0.29, 0.717) is 12.0 Å². The largest absolute Gasteiger partial charge is 0.380 e. The number of rotatable bonds is 7. The van der Waals surface area contributed by atoms with Crippen LogP contribution in [0.25, 0.3) is 0 Å². The van der Waals surface area contributed by atoms with E-state index in [4.69, 9.17) is 4.74 Å². The Labute approximate surface area is 137 Å². The van der Waals surface area contributed by atoms with Crippen molar-refractivity contribution in [2.75, 3.05) is 13.7 Å². The lowest BCUT2D eigenvalue weighted by molar-refractivity contribution is 0.00847. The molecule has 0 spiro atoms. The van der Waals surface area contributed by atoms with Crippen LogP contribution in [0, 0.1) is 5.92 Å². The molecule has 0 bridgehead atoms. The predicted molar refractivity (Wildman–Crippen MR) is 90.5 cm³/mol. The summed E-state index contributed by atoms with van der Waals surface area (Å²) in [5.41, 5.74) is 1.13. The fourth-order valence-corrected chi connectivity index (χ4v) is 3.70. The Bertz CT molecular complexity index is 404. The molecular weight excluding hydrogens is 328 g/mol. The second-order valence-corrected chi connectivity index (χ2v) is 6.85. The van der Waals surface area contributed by atoms with Gasteiger partial charge in [0, 0.05) is 35.9 Å². The lowest BCUT2D eigenvalue weighted by Gasteiger charge is -2.35. The summed E-state index contributed by atoms with van der Waals surface area (Å²) in [7, 11) is 1.86. The third-order valence-corrected chi connectivity index (χ3v) is 4.94. The lowest BCUT2D eigenvalue weighted by atomic mass is 9.81. The first-order chi connectivity index (χ1) is 10.2. The van der Waals surface area contributed by atoms with Crippen LogP contribution in [0.3, 0.4) is 0 Å². The highest BCUT2D eigenvalue weighted by molar-refractivity contribution is 9.10. The first kappa shape index (κ1) is 16.9. The molecule has 2 unspecified atom stereocenters. The van der Waals surface area contributed by atoms with Crippen LogP contribution < -0.4 is 5.32 Å². The van der Waals surface area contributed by atoms with Crippen molar-refractivity contribution >= 4 is 15.9 Å². The zero-order chi connectivity index (χ0) is 15.1. The van der Waals surface area contributed by atoms with E-state index < -0.39 is 0 Å². The van der Waals surface area contributed by atoms with Crippen molar-refractivity contribution in [3.8, 4) is 0 Å². The number of hydrogen-bond acceptors (Lipinski definition) is 3. The van der Waals surface area contributed by atoms with Gasteiger partial charge in [-0.15, -0.1) is 0 Å². The van der Waals surface area contributed by atoms with E-state index in [1.807, 2.05) is 13.3 Å². The topological polar surface area (TPSA) is 34.2 Å². The van der Waals surface area contributed by atoms with Crippen LogP contribution in [0.2, 0.25) is 0 Å². The number of methoxy groups -OCH3 is 1. The monoisotopic (exact) mass is 354 g/mol. The first-order valence-corrected chi connectivity index (χ1v) is 8.90. The molecule has 1 aromatic heterocycles. The van der Waals surface area contributed by atoms with Gasteiger partial charge in [-0.2, -0.15) is 0 Å². The van der Waals surface area contributed by atoms with Gasteiger partial charge >= 0.3 is 0 Å². The number of nitrogens with one attached hydrogen (secondary N) is 1. The molecule has 0 radical (unpaired) electrons. The van der Waals surface area contributed by atoms with Crippen molar-refractivity contribution in [2.24, 2.45) is 5.92 Å². The van der Waals surface area contributed by atoms with Gasteiger partial charge in [0.25, 0.3) is 0 Å². The minimum absolute atomic E-state index is 0.288. The molecule has 1 aliphatic carbocycles. The van der Waals surface area contributed by atoms with Crippen LogP contribution in [0.1, 0.15) is 44.7 Å². The summed E-state index contributed by atoms with van der Waals surface area (Å²) in [6.07, 6.45) is 9.77. The van der Waals surface area contributed by atoms with Crippen LogP contribution in [-0.2, 0) is 11.2 Å². The van der Waals surface area contributed by atoms with Gasteiger partial charge in [0.2, 0.25) is 0 Å². The van der Waals surface area contributed by atoms with E-state index in [1.165, 1.54) is 32.1 Å². The van der Waals surface area contributed by atoms with Crippen LogP contribution >= 0.6 is 15.9 Å². The molecule has 1 aliphatic rings. The Morgan fingerprint density at radius 1 is 1.33 bits per heavy atom. The maximum absolute atomic E-state index is 5.90. The number of halogens is 1. The molecule has 4 heteroatoms. The van der Waals surface area contributed by atoms with Crippen molar-refractivity contribution < 1.29 is 4.74 Å². The number of ether oxygens (including phenoxy) is 1. The standard InChI is InChI=1S/C17H27BrN2O/c1-3-19-16(11-15-10-9-14(18)12-20-15)17(21-2)13-7-5-4-6-8-13/h9-10,12-13,16-17,19H,3-8,11H2,1-2H3. The van der Waals surface area contributed by atoms with E-state index >= 15 is 0 Å². The number of aromatic nitrogens is 1. The van der Waals surface area contributed by atoms with E-state index in [2.05, 4.69) is 45.3 Å². The normalized spacial score (nSPS) is 19.4. The zero-order valence-corrected chi connectivity index (χ0v) is 14.7. The van der Waals surface area contributed by atoms with Gasteiger partial charge in [-0.3, -0.25) is 4.98 Å². The molecule has 2 atom stereocenters. The molecule has 0 aromatic carbocycles. The Morgan fingerprint density at radius 2 is 2.10 bits per heavy atom. The molecule has 0 aliphatic heterocycles. The molecule has 0 saturated heterocycles. The highest BCUT2D eigenvalue weighted by Crippen LogP contribution is 2.30. The first-order valence-electron chi connectivity index (χ1n) is 8.11. The molecule has 0 amide bonds. The van der Waals surface area contributed by atoms with Crippen LogP contribution in [0.4, 0.5) is 0 Å². The summed E-state index contributed by atoms with van der Waals surface area (Å²) < 4.78 is 6.93. The van der Waals surface area contributed by atoms with Crippen molar-refractivity contribution in [1.82, 2.24) is 10.3 Å². The van der Waals surface area contributed by atoms with Gasteiger partial charge in [0.15, 0.2) is 0 Å². The molecule has 3 nitrogen and oxygen atoms in total. The van der Waals surface area contributed by atoms with Gasteiger partial charge in [-0.1, -0.05) is 26.2 Å². The Kier molecular flexibility index (Phi) is 7.14. The Balaban J connectivity index is 2.05. The Morgan fingerprint density at radius 3 is 2.67 bits per heavy atom. The minimum atomic E-state index is 0.288. The molecule has 1 heterocycles. The van der Waals surface area contributed by atoms with E-state index in [-0.39, 0.29) is 6.10 Å². The molecule has 118 valence electrons. The Hall–Kier alpha value is -0.450. The number of hydrogen-bond donors (Lipinski definition) is 1. The maximum Gasteiger partial charge on any atom is 0.0756 e. The minimum Gasteiger partial charge on any atom is -0.380 e. The highest BCUT2D eigenvalue weighted by atomic mass is 79.9. The van der Waals surface area contributed by atoms with Gasteiger partial charge in [0.1, 0.15) is 0 Å². The summed E-state index contributed by atoms with van der Waals surface area (Å²) >= 11 is 3.44. The zero-order valence-electron chi connectivity index (χ0n) is 13.1. The number of pyridine rings is 1. The maximum atomic E-state index is 5.90. The second-order valence-electron chi connectivity index (χ2n) is 5.93. The molecule has 1 aromatic rings. The van der Waals surface area contributed by atoms with Crippen molar-refractivity contribution in [2.45, 2.75) is 57.6 Å². The average Bonchev–Trinajstić information content (AvgIpc) is 2.51. The number of likely N-dealkylation sites (N-methyl/N-ethyl adjacent to an activating group) is 1. The SMILES string of the molecule is CCNC(Cc1ccc(Br)cn1)C(OC)C1CCCCC1. The van der Waals surface area contributed by atoms with Crippen molar-refractivity contribution in [1.29, 1.82) is 0 Å². The molecule has 1 fully saturated rings. The van der Waals surface area contributed by atoms with E-state index in [0.717, 1.165) is 23.1 Å². The fourth-order valence-electron chi connectivity index (χ4n) is 3.47. The predicted octanol–water partition coefficient (Wildman–Crippen LogP) is 3.96. The van der Waals surface area contributed by atoms with Gasteiger partial charge in [-0.25, -0.2) is 0 Å². The third-order valence-electron chi connectivity index (χ3n) is 4.47.